The Hall–Kier alpha value is -5.85. The Balaban J connectivity index is 1.49. The van der Waals surface area contributed by atoms with Gasteiger partial charge in [0.25, 0.3) is 0 Å². The fourth-order valence-electron chi connectivity index (χ4n) is 6.22. The zero-order chi connectivity index (χ0) is 39.4. The Morgan fingerprint density at radius 3 is 1.69 bits per heavy atom. The van der Waals surface area contributed by atoms with Crippen LogP contribution in [0.2, 0.25) is 0 Å². The lowest BCUT2D eigenvalue weighted by Gasteiger charge is -2.25. The third kappa shape index (κ3) is 14.8. The molecule has 0 radical (unpaired) electrons. The molecule has 0 aliphatic carbocycles. The van der Waals surface area contributed by atoms with E-state index in [-0.39, 0.29) is 43.1 Å². The third-order valence-corrected chi connectivity index (χ3v) is 9.37. The standard InChI is InChI=1S/C42H55N7O6/c1-2-3-4-5-6-7-8-9-10-15-39(52)46-36(24-29-16-20-32(50)21-17-29)40(53)49-38(26-31-27-44-28-45-31)42(55)48-37(25-30-18-22-33(51)23-19-30)41(54)47-35-14-12-11-13-34(35)43/h11-14,16-23,27-28,36-38,50-51H,2-10,15,24-26,43H2,1H3,(H,44,45)(H,46,52)(H,47,54)(H,48,55)(H,49,53)/t36-,37-,38-/m0/s1. The van der Waals surface area contributed by atoms with Gasteiger partial charge in [0.1, 0.15) is 29.6 Å². The van der Waals surface area contributed by atoms with Crippen LogP contribution in [0.3, 0.4) is 0 Å². The molecule has 9 N–H and O–H groups in total. The van der Waals surface area contributed by atoms with E-state index in [0.29, 0.717) is 34.6 Å². The molecule has 3 atom stereocenters. The van der Waals surface area contributed by atoms with Crippen molar-refractivity contribution in [2.45, 2.75) is 109 Å². The average Bonchev–Trinajstić information content (AvgIpc) is 3.69. The van der Waals surface area contributed by atoms with E-state index < -0.39 is 35.8 Å². The highest BCUT2D eigenvalue weighted by atomic mass is 16.3. The van der Waals surface area contributed by atoms with Gasteiger partial charge in [0.05, 0.1) is 17.7 Å². The number of benzene rings is 3. The molecule has 4 amide bonds. The fraction of sp³-hybridized carbons (Fsp3) is 0.405. The van der Waals surface area contributed by atoms with Crippen LogP contribution in [0.5, 0.6) is 11.5 Å². The summed E-state index contributed by atoms with van der Waals surface area (Å²) >= 11 is 0. The molecular weight excluding hydrogens is 699 g/mol. The first kappa shape index (κ1) is 41.9. The van der Waals surface area contributed by atoms with Gasteiger partial charge in [0, 0.05) is 37.6 Å². The number of rotatable bonds is 23. The number of aromatic amines is 1. The number of aromatic hydroxyl groups is 2. The fourth-order valence-corrected chi connectivity index (χ4v) is 6.22. The number of anilines is 2. The molecule has 0 fully saturated rings. The topological polar surface area (TPSA) is 212 Å². The van der Waals surface area contributed by atoms with Crippen molar-refractivity contribution in [1.82, 2.24) is 25.9 Å². The number of hydrogen-bond donors (Lipinski definition) is 8. The Bertz CT molecular complexity index is 1780. The Morgan fingerprint density at radius 2 is 1.16 bits per heavy atom. The van der Waals surface area contributed by atoms with Gasteiger partial charge in [0.2, 0.25) is 23.6 Å². The number of phenols is 2. The summed E-state index contributed by atoms with van der Waals surface area (Å²) < 4.78 is 0. The summed E-state index contributed by atoms with van der Waals surface area (Å²) in [6, 6.07) is 16.0. The molecule has 294 valence electrons. The van der Waals surface area contributed by atoms with Crippen LogP contribution in [0.25, 0.3) is 0 Å². The van der Waals surface area contributed by atoms with Crippen LogP contribution in [0.1, 0.15) is 88.0 Å². The predicted octanol–water partition coefficient (Wildman–Crippen LogP) is 5.45. The molecule has 0 aliphatic rings. The van der Waals surface area contributed by atoms with Gasteiger partial charge in [-0.05, 0) is 53.9 Å². The lowest BCUT2D eigenvalue weighted by Crippen LogP contribution is -2.57. The smallest absolute Gasteiger partial charge is 0.247 e. The molecule has 13 heteroatoms. The molecule has 4 rings (SSSR count). The normalized spacial score (nSPS) is 12.6. The van der Waals surface area contributed by atoms with Crippen molar-refractivity contribution in [2.24, 2.45) is 0 Å². The highest BCUT2D eigenvalue weighted by Gasteiger charge is 2.31. The van der Waals surface area contributed by atoms with Gasteiger partial charge in [-0.1, -0.05) is 94.7 Å². The van der Waals surface area contributed by atoms with Crippen LogP contribution in [0.4, 0.5) is 11.4 Å². The SMILES string of the molecule is CCCCCCCCCCCC(=O)N[C@@H](Cc1ccc(O)cc1)C(=O)N[C@@H](Cc1cnc[nH]1)C(=O)N[C@@H](Cc1ccc(O)cc1)C(=O)Nc1ccccc1N. The molecular formula is C42H55N7O6. The molecule has 55 heavy (non-hydrogen) atoms. The summed E-state index contributed by atoms with van der Waals surface area (Å²) in [6.07, 6.45) is 13.4. The first-order chi connectivity index (χ1) is 26.6. The molecule has 4 aromatic rings. The molecule has 0 unspecified atom stereocenters. The van der Waals surface area contributed by atoms with E-state index in [0.717, 1.165) is 19.3 Å². The maximum absolute atomic E-state index is 14.1. The minimum absolute atomic E-state index is 0.00900. The van der Waals surface area contributed by atoms with E-state index in [4.69, 9.17) is 5.73 Å². The number of aromatic nitrogens is 2. The molecule has 0 saturated carbocycles. The summed E-state index contributed by atoms with van der Waals surface area (Å²) in [5.74, 6) is -1.94. The number of nitrogens with one attached hydrogen (secondary N) is 5. The monoisotopic (exact) mass is 753 g/mol. The Kier molecular flexibility index (Phi) is 17.1. The maximum atomic E-state index is 14.1. The minimum atomic E-state index is -1.18. The van der Waals surface area contributed by atoms with Gasteiger partial charge in [-0.3, -0.25) is 19.2 Å². The van der Waals surface area contributed by atoms with Gasteiger partial charge in [-0.15, -0.1) is 0 Å². The number of unbranched alkanes of at least 4 members (excludes halogenated alkanes) is 8. The van der Waals surface area contributed by atoms with Gasteiger partial charge >= 0.3 is 0 Å². The number of phenolic OH excluding ortho intramolecular Hbond substituents is 2. The van der Waals surface area contributed by atoms with Crippen molar-refractivity contribution in [1.29, 1.82) is 0 Å². The molecule has 0 saturated heterocycles. The first-order valence-corrected chi connectivity index (χ1v) is 19.2. The molecule has 1 aromatic heterocycles. The number of amides is 4. The van der Waals surface area contributed by atoms with Crippen LogP contribution in [-0.4, -0.2) is 61.9 Å². The number of imidazole rings is 1. The Labute approximate surface area is 322 Å². The second kappa shape index (κ2) is 22.4. The van der Waals surface area contributed by atoms with E-state index in [9.17, 15) is 29.4 Å². The second-order valence-electron chi connectivity index (χ2n) is 13.9. The number of nitrogen functional groups attached to an aromatic ring is 1. The maximum Gasteiger partial charge on any atom is 0.247 e. The van der Waals surface area contributed by atoms with Gasteiger partial charge in [-0.2, -0.15) is 0 Å². The number of nitrogens with two attached hydrogens (primary N) is 1. The number of H-pyrrole nitrogens is 1. The van der Waals surface area contributed by atoms with Crippen molar-refractivity contribution < 1.29 is 29.4 Å². The van der Waals surface area contributed by atoms with Crippen molar-refractivity contribution in [3.05, 3.63) is 102 Å². The van der Waals surface area contributed by atoms with Crippen LogP contribution < -0.4 is 27.0 Å². The summed E-state index contributed by atoms with van der Waals surface area (Å²) in [5, 5.41) is 30.9. The van der Waals surface area contributed by atoms with Crippen molar-refractivity contribution >= 4 is 35.0 Å². The van der Waals surface area contributed by atoms with Crippen LogP contribution in [0.15, 0.2) is 85.3 Å². The van der Waals surface area contributed by atoms with E-state index in [2.05, 4.69) is 38.2 Å². The second-order valence-corrected chi connectivity index (χ2v) is 13.9. The molecule has 0 bridgehead atoms. The third-order valence-electron chi connectivity index (χ3n) is 9.37. The highest BCUT2D eigenvalue weighted by molar-refractivity contribution is 6.00. The number of carbonyl (C=O) groups excluding carboxylic acids is 4. The van der Waals surface area contributed by atoms with Gasteiger partial charge in [-0.25, -0.2) is 4.98 Å². The van der Waals surface area contributed by atoms with Crippen LogP contribution in [0, 0.1) is 0 Å². The molecule has 1 heterocycles. The predicted molar refractivity (Wildman–Crippen MR) is 213 cm³/mol. The lowest BCUT2D eigenvalue weighted by atomic mass is 10.0. The van der Waals surface area contributed by atoms with Crippen LogP contribution >= 0.6 is 0 Å². The van der Waals surface area contributed by atoms with Gasteiger partial charge < -0.3 is 42.2 Å². The molecule has 0 spiro atoms. The zero-order valence-corrected chi connectivity index (χ0v) is 31.6. The van der Waals surface area contributed by atoms with Crippen molar-refractivity contribution in [2.75, 3.05) is 11.1 Å². The summed E-state index contributed by atoms with van der Waals surface area (Å²) in [7, 11) is 0. The van der Waals surface area contributed by atoms with E-state index in [1.807, 2.05) is 0 Å². The highest BCUT2D eigenvalue weighted by Crippen LogP contribution is 2.19. The van der Waals surface area contributed by atoms with Crippen LogP contribution in [-0.2, 0) is 38.4 Å². The number of hydrogen-bond acceptors (Lipinski definition) is 8. The first-order valence-electron chi connectivity index (χ1n) is 19.2. The summed E-state index contributed by atoms with van der Waals surface area (Å²) in [4.78, 5) is 62.0. The largest absolute Gasteiger partial charge is 0.508 e. The number of para-hydroxylation sites is 2. The average molecular weight is 754 g/mol. The lowest BCUT2D eigenvalue weighted by molar-refractivity contribution is -0.133. The number of nitrogens with zero attached hydrogens (tertiary/aromatic N) is 1. The van der Waals surface area contributed by atoms with Crippen molar-refractivity contribution in [3.63, 3.8) is 0 Å². The molecule has 0 aliphatic heterocycles. The van der Waals surface area contributed by atoms with E-state index >= 15 is 0 Å². The minimum Gasteiger partial charge on any atom is -0.508 e. The Morgan fingerprint density at radius 1 is 0.655 bits per heavy atom. The van der Waals surface area contributed by atoms with E-state index in [1.165, 1.54) is 68.9 Å². The molecule has 13 nitrogen and oxygen atoms in total. The van der Waals surface area contributed by atoms with Crippen molar-refractivity contribution in [3.8, 4) is 11.5 Å². The molecule has 3 aromatic carbocycles. The number of carbonyl (C=O) groups is 4. The quantitative estimate of drug-likeness (QED) is 0.0360. The zero-order valence-electron chi connectivity index (χ0n) is 31.6. The van der Waals surface area contributed by atoms with Gasteiger partial charge in [0.15, 0.2) is 0 Å². The van der Waals surface area contributed by atoms with E-state index in [1.54, 1.807) is 48.5 Å². The summed E-state index contributed by atoms with van der Waals surface area (Å²) in [6.45, 7) is 2.20. The summed E-state index contributed by atoms with van der Waals surface area (Å²) in [5.41, 5.74) is 8.71.